The lowest BCUT2D eigenvalue weighted by atomic mass is 9.83. The first kappa shape index (κ1) is 15.3. The average Bonchev–Trinajstić information content (AvgIpc) is 2.36. The molecule has 0 heterocycles. The Bertz CT molecular complexity index is 270. The summed E-state index contributed by atoms with van der Waals surface area (Å²) in [4.78, 5) is 11.6. The number of hydrogen-bond donors (Lipinski definition) is 0. The molecule has 0 aliphatic heterocycles. The van der Waals surface area contributed by atoms with E-state index >= 15 is 0 Å². The molecule has 0 bridgehead atoms. The van der Waals surface area contributed by atoms with E-state index in [1.165, 1.54) is 51.4 Å². The number of esters is 1. The fourth-order valence-corrected chi connectivity index (χ4v) is 2.73. The number of ether oxygens (including phenoxy) is 1. The first-order valence-electron chi connectivity index (χ1n) is 7.51. The fourth-order valence-electron chi connectivity index (χ4n) is 2.73. The standard InChI is InChI=1S/C16H28O2/c1-4-5-6-7-10-14-11-8-9-12-15(14)18-16(17)13(2)3/h14-15H,2,4-12H2,1,3H3. The van der Waals surface area contributed by atoms with Gasteiger partial charge in [-0.25, -0.2) is 4.79 Å². The molecule has 2 heteroatoms. The number of carbonyl (C=O) groups excluding carboxylic acids is 1. The summed E-state index contributed by atoms with van der Waals surface area (Å²) in [6.07, 6.45) is 11.3. The van der Waals surface area contributed by atoms with Gasteiger partial charge in [-0.15, -0.1) is 0 Å². The maximum Gasteiger partial charge on any atom is 0.333 e. The zero-order chi connectivity index (χ0) is 13.4. The number of rotatable bonds is 7. The summed E-state index contributed by atoms with van der Waals surface area (Å²) >= 11 is 0. The molecule has 1 aliphatic rings. The highest BCUT2D eigenvalue weighted by Crippen LogP contribution is 2.31. The van der Waals surface area contributed by atoms with Crippen molar-refractivity contribution in [3.8, 4) is 0 Å². The molecule has 0 N–H and O–H groups in total. The lowest BCUT2D eigenvalue weighted by molar-refractivity contribution is -0.148. The fraction of sp³-hybridized carbons (Fsp3) is 0.812. The molecule has 0 aromatic carbocycles. The van der Waals surface area contributed by atoms with Gasteiger partial charge in [0.1, 0.15) is 6.10 Å². The summed E-state index contributed by atoms with van der Waals surface area (Å²) < 4.78 is 5.58. The second-order valence-electron chi connectivity index (χ2n) is 5.62. The van der Waals surface area contributed by atoms with Crippen molar-refractivity contribution in [3.63, 3.8) is 0 Å². The van der Waals surface area contributed by atoms with Crippen LogP contribution in [-0.2, 0) is 9.53 Å². The van der Waals surface area contributed by atoms with Gasteiger partial charge >= 0.3 is 5.97 Å². The van der Waals surface area contributed by atoms with Crippen molar-refractivity contribution in [3.05, 3.63) is 12.2 Å². The van der Waals surface area contributed by atoms with Crippen LogP contribution >= 0.6 is 0 Å². The Balaban J connectivity index is 2.36. The molecule has 0 amide bonds. The third-order valence-electron chi connectivity index (χ3n) is 3.87. The maximum atomic E-state index is 11.6. The molecule has 104 valence electrons. The second kappa shape index (κ2) is 8.34. The van der Waals surface area contributed by atoms with Crippen molar-refractivity contribution < 1.29 is 9.53 Å². The van der Waals surface area contributed by atoms with Gasteiger partial charge in [0, 0.05) is 5.57 Å². The maximum absolute atomic E-state index is 11.6. The quantitative estimate of drug-likeness (QED) is 0.375. The molecule has 1 aliphatic carbocycles. The molecule has 0 spiro atoms. The van der Waals surface area contributed by atoms with Crippen LogP contribution in [0, 0.1) is 5.92 Å². The molecule has 0 aromatic heterocycles. The van der Waals surface area contributed by atoms with Crippen LogP contribution in [0.15, 0.2) is 12.2 Å². The Labute approximate surface area is 112 Å². The van der Waals surface area contributed by atoms with Crippen molar-refractivity contribution >= 4 is 5.97 Å². The summed E-state index contributed by atoms with van der Waals surface area (Å²) in [6, 6.07) is 0. The van der Waals surface area contributed by atoms with E-state index in [9.17, 15) is 4.79 Å². The molecule has 1 rings (SSSR count). The van der Waals surface area contributed by atoms with Gasteiger partial charge in [-0.05, 0) is 38.5 Å². The smallest absolute Gasteiger partial charge is 0.333 e. The van der Waals surface area contributed by atoms with Crippen LogP contribution in [0.4, 0.5) is 0 Å². The normalized spacial score (nSPS) is 23.7. The molecule has 18 heavy (non-hydrogen) atoms. The van der Waals surface area contributed by atoms with E-state index < -0.39 is 0 Å². The van der Waals surface area contributed by atoms with Crippen molar-refractivity contribution in [2.24, 2.45) is 5.92 Å². The second-order valence-corrected chi connectivity index (χ2v) is 5.62. The molecule has 0 aromatic rings. The number of carbonyl (C=O) groups is 1. The first-order chi connectivity index (χ1) is 8.65. The van der Waals surface area contributed by atoms with Crippen LogP contribution in [0.3, 0.4) is 0 Å². The van der Waals surface area contributed by atoms with E-state index in [1.807, 2.05) is 0 Å². The highest BCUT2D eigenvalue weighted by molar-refractivity contribution is 5.87. The monoisotopic (exact) mass is 252 g/mol. The molecule has 2 nitrogen and oxygen atoms in total. The highest BCUT2D eigenvalue weighted by Gasteiger charge is 2.27. The third kappa shape index (κ3) is 5.24. The van der Waals surface area contributed by atoms with E-state index in [2.05, 4.69) is 13.5 Å². The first-order valence-corrected chi connectivity index (χ1v) is 7.51. The third-order valence-corrected chi connectivity index (χ3v) is 3.87. The Morgan fingerprint density at radius 3 is 2.61 bits per heavy atom. The van der Waals surface area contributed by atoms with E-state index in [1.54, 1.807) is 6.92 Å². The Morgan fingerprint density at radius 1 is 1.22 bits per heavy atom. The minimum Gasteiger partial charge on any atom is -0.459 e. The molecule has 1 saturated carbocycles. The van der Waals surface area contributed by atoms with Crippen molar-refractivity contribution in [1.82, 2.24) is 0 Å². The van der Waals surface area contributed by atoms with E-state index in [0.717, 1.165) is 6.42 Å². The van der Waals surface area contributed by atoms with Crippen LogP contribution in [0.25, 0.3) is 0 Å². The van der Waals surface area contributed by atoms with Gasteiger partial charge in [0.15, 0.2) is 0 Å². The van der Waals surface area contributed by atoms with Gasteiger partial charge in [0.05, 0.1) is 0 Å². The average molecular weight is 252 g/mol. The van der Waals surface area contributed by atoms with Crippen molar-refractivity contribution in [1.29, 1.82) is 0 Å². The molecular weight excluding hydrogens is 224 g/mol. The van der Waals surface area contributed by atoms with Gasteiger partial charge in [0.2, 0.25) is 0 Å². The predicted molar refractivity (Wildman–Crippen MR) is 75.4 cm³/mol. The minimum atomic E-state index is -0.208. The van der Waals surface area contributed by atoms with Gasteiger partial charge in [0.25, 0.3) is 0 Å². The number of hydrogen-bond acceptors (Lipinski definition) is 2. The zero-order valence-corrected chi connectivity index (χ0v) is 12.0. The number of unbranched alkanes of at least 4 members (excludes halogenated alkanes) is 3. The van der Waals surface area contributed by atoms with Gasteiger partial charge in [-0.3, -0.25) is 0 Å². The lowest BCUT2D eigenvalue weighted by Crippen LogP contribution is -2.30. The Hall–Kier alpha value is -0.790. The zero-order valence-electron chi connectivity index (χ0n) is 12.0. The van der Waals surface area contributed by atoms with Gasteiger partial charge in [-0.2, -0.15) is 0 Å². The molecule has 2 atom stereocenters. The molecule has 2 unspecified atom stereocenters. The predicted octanol–water partition coefficient (Wildman–Crippen LogP) is 4.63. The van der Waals surface area contributed by atoms with Crippen LogP contribution in [0.5, 0.6) is 0 Å². The topological polar surface area (TPSA) is 26.3 Å². The summed E-state index contributed by atoms with van der Waals surface area (Å²) in [6.45, 7) is 7.62. The SMILES string of the molecule is C=C(C)C(=O)OC1CCCCC1CCCCCC. The van der Waals surface area contributed by atoms with Gasteiger partial charge < -0.3 is 4.74 Å². The van der Waals surface area contributed by atoms with Gasteiger partial charge in [-0.1, -0.05) is 45.6 Å². The van der Waals surface area contributed by atoms with Crippen LogP contribution < -0.4 is 0 Å². The summed E-state index contributed by atoms with van der Waals surface area (Å²) in [7, 11) is 0. The molecule has 0 radical (unpaired) electrons. The minimum absolute atomic E-state index is 0.143. The Kier molecular flexibility index (Phi) is 7.07. The lowest BCUT2D eigenvalue weighted by Gasteiger charge is -2.31. The van der Waals surface area contributed by atoms with E-state index in [0.29, 0.717) is 11.5 Å². The van der Waals surface area contributed by atoms with Crippen molar-refractivity contribution in [2.75, 3.05) is 0 Å². The van der Waals surface area contributed by atoms with Crippen LogP contribution in [0.1, 0.15) is 71.6 Å². The molecule has 0 saturated heterocycles. The molecule has 1 fully saturated rings. The highest BCUT2D eigenvalue weighted by atomic mass is 16.5. The van der Waals surface area contributed by atoms with Crippen molar-refractivity contribution in [2.45, 2.75) is 77.7 Å². The van der Waals surface area contributed by atoms with Crippen LogP contribution in [0.2, 0.25) is 0 Å². The summed E-state index contributed by atoms with van der Waals surface area (Å²) in [5.74, 6) is 0.374. The van der Waals surface area contributed by atoms with E-state index in [4.69, 9.17) is 4.74 Å². The van der Waals surface area contributed by atoms with Crippen LogP contribution in [-0.4, -0.2) is 12.1 Å². The largest absolute Gasteiger partial charge is 0.459 e. The summed E-state index contributed by atoms with van der Waals surface area (Å²) in [5, 5.41) is 0. The summed E-state index contributed by atoms with van der Waals surface area (Å²) in [5.41, 5.74) is 0.519. The van der Waals surface area contributed by atoms with E-state index in [-0.39, 0.29) is 12.1 Å². The molecular formula is C16H28O2. The Morgan fingerprint density at radius 2 is 1.94 bits per heavy atom.